The topological polar surface area (TPSA) is 101 Å². The minimum atomic E-state index is -0.764. The Morgan fingerprint density at radius 2 is 2.43 bits per heavy atom. The number of nitrogens with one attached hydrogen (secondary N) is 1. The van der Waals surface area contributed by atoms with E-state index in [0.717, 1.165) is 0 Å². The first-order valence-corrected chi connectivity index (χ1v) is 3.96. The van der Waals surface area contributed by atoms with Gasteiger partial charge in [0.15, 0.2) is 0 Å². The number of nitro groups is 1. The first kappa shape index (κ1) is 10.6. The third kappa shape index (κ3) is 2.06. The first-order chi connectivity index (χ1) is 6.56. The second-order valence-electron chi connectivity index (χ2n) is 2.82. The van der Waals surface area contributed by atoms with Crippen LogP contribution in [0.25, 0.3) is 0 Å². The van der Waals surface area contributed by atoms with E-state index < -0.39 is 17.1 Å². The van der Waals surface area contributed by atoms with Crippen LogP contribution in [0, 0.1) is 10.1 Å². The Kier molecular flexibility index (Phi) is 3.15. The molecule has 0 saturated carbocycles. The van der Waals surface area contributed by atoms with Crippen LogP contribution < -0.4 is 0 Å². The number of hydrogen-bond acceptors (Lipinski definition) is 5. The number of ether oxygens (including phenoxy) is 1. The van der Waals surface area contributed by atoms with Crippen LogP contribution in [0.15, 0.2) is 6.20 Å². The SMILES string of the molecule is CO[C@H](c1cnc([N+](=O)[O-])[nH]1)C(C)O. The van der Waals surface area contributed by atoms with E-state index in [4.69, 9.17) is 4.74 Å². The summed E-state index contributed by atoms with van der Waals surface area (Å²) in [5, 5.41) is 19.6. The van der Waals surface area contributed by atoms with Crippen molar-refractivity contribution >= 4 is 5.95 Å². The molecule has 0 radical (unpaired) electrons. The molecule has 0 amide bonds. The standard InChI is InChI=1S/C7H11N3O4/c1-4(11)6(14-2)5-3-8-7(9-5)10(12)13/h3-4,6,11H,1-2H3,(H,8,9)/t4?,6-/m0/s1. The lowest BCUT2D eigenvalue weighted by Gasteiger charge is -2.13. The van der Waals surface area contributed by atoms with E-state index in [2.05, 4.69) is 9.97 Å². The van der Waals surface area contributed by atoms with Crippen LogP contribution in [0.3, 0.4) is 0 Å². The Hall–Kier alpha value is -1.47. The molecule has 0 spiro atoms. The van der Waals surface area contributed by atoms with Gasteiger partial charge in [-0.3, -0.25) is 0 Å². The molecule has 0 aliphatic carbocycles. The van der Waals surface area contributed by atoms with E-state index in [1.807, 2.05) is 0 Å². The summed E-state index contributed by atoms with van der Waals surface area (Å²) in [6.45, 7) is 1.53. The lowest BCUT2D eigenvalue weighted by molar-refractivity contribution is -0.393. The summed E-state index contributed by atoms with van der Waals surface area (Å²) in [5.74, 6) is -0.359. The number of imidazole rings is 1. The average Bonchev–Trinajstić information content (AvgIpc) is 2.53. The van der Waals surface area contributed by atoms with Crippen molar-refractivity contribution in [1.29, 1.82) is 0 Å². The number of aliphatic hydroxyl groups excluding tert-OH is 1. The Labute approximate surface area is 79.9 Å². The highest BCUT2D eigenvalue weighted by molar-refractivity contribution is 5.13. The molecule has 1 aromatic heterocycles. The summed E-state index contributed by atoms with van der Waals surface area (Å²) in [6, 6.07) is 0. The Balaban J connectivity index is 2.89. The van der Waals surface area contributed by atoms with Crippen molar-refractivity contribution in [3.63, 3.8) is 0 Å². The third-order valence-electron chi connectivity index (χ3n) is 1.75. The van der Waals surface area contributed by atoms with Crippen LogP contribution in [0.1, 0.15) is 18.7 Å². The molecule has 7 nitrogen and oxygen atoms in total. The highest BCUT2D eigenvalue weighted by Crippen LogP contribution is 2.20. The number of aliphatic hydroxyl groups is 1. The van der Waals surface area contributed by atoms with Crippen LogP contribution in [0.4, 0.5) is 5.95 Å². The molecule has 2 N–H and O–H groups in total. The molecule has 0 aliphatic rings. The summed E-state index contributed by atoms with van der Waals surface area (Å²) in [6.07, 6.45) is -0.116. The molecule has 1 aromatic rings. The highest BCUT2D eigenvalue weighted by atomic mass is 16.6. The maximum atomic E-state index is 10.3. The number of aromatic nitrogens is 2. The van der Waals surface area contributed by atoms with Gasteiger partial charge in [-0.05, 0) is 11.8 Å². The van der Waals surface area contributed by atoms with Crippen molar-refractivity contribution in [3.8, 4) is 0 Å². The molecule has 1 heterocycles. The number of rotatable bonds is 4. The summed E-state index contributed by atoms with van der Waals surface area (Å²) in [5.41, 5.74) is 0.384. The van der Waals surface area contributed by atoms with Gasteiger partial charge in [0.25, 0.3) is 0 Å². The van der Waals surface area contributed by atoms with Gasteiger partial charge >= 0.3 is 5.95 Å². The predicted molar refractivity (Wildman–Crippen MR) is 46.7 cm³/mol. The van der Waals surface area contributed by atoms with Crippen LogP contribution in [0.2, 0.25) is 0 Å². The van der Waals surface area contributed by atoms with Gasteiger partial charge in [-0.1, -0.05) is 4.98 Å². The molecule has 7 heteroatoms. The van der Waals surface area contributed by atoms with E-state index in [0.29, 0.717) is 5.69 Å². The second kappa shape index (κ2) is 4.16. The smallest absolute Gasteiger partial charge is 0.390 e. The minimum Gasteiger partial charge on any atom is -0.390 e. The van der Waals surface area contributed by atoms with Gasteiger partial charge in [0, 0.05) is 7.11 Å². The van der Waals surface area contributed by atoms with Gasteiger partial charge in [0.05, 0.1) is 6.10 Å². The molecule has 78 valence electrons. The highest BCUT2D eigenvalue weighted by Gasteiger charge is 2.23. The number of methoxy groups -OCH3 is 1. The molecule has 0 fully saturated rings. The normalized spacial score (nSPS) is 15.1. The zero-order valence-corrected chi connectivity index (χ0v) is 7.80. The fraction of sp³-hybridized carbons (Fsp3) is 0.571. The lowest BCUT2D eigenvalue weighted by atomic mass is 10.2. The molecular weight excluding hydrogens is 190 g/mol. The zero-order valence-electron chi connectivity index (χ0n) is 7.80. The minimum absolute atomic E-state index is 0.359. The van der Waals surface area contributed by atoms with Crippen molar-refractivity contribution < 1.29 is 14.8 Å². The van der Waals surface area contributed by atoms with Gasteiger partial charge < -0.3 is 20.0 Å². The summed E-state index contributed by atoms with van der Waals surface area (Å²) in [7, 11) is 1.41. The Morgan fingerprint density at radius 3 is 2.79 bits per heavy atom. The van der Waals surface area contributed by atoms with E-state index in [9.17, 15) is 15.2 Å². The molecule has 0 aliphatic heterocycles. The molecule has 1 rings (SSSR count). The van der Waals surface area contributed by atoms with E-state index >= 15 is 0 Å². The summed E-state index contributed by atoms with van der Waals surface area (Å²) < 4.78 is 4.95. The first-order valence-electron chi connectivity index (χ1n) is 3.96. The summed E-state index contributed by atoms with van der Waals surface area (Å²) >= 11 is 0. The van der Waals surface area contributed by atoms with E-state index in [1.54, 1.807) is 0 Å². The molecule has 0 saturated heterocycles. The van der Waals surface area contributed by atoms with Crippen molar-refractivity contribution in [2.75, 3.05) is 7.11 Å². The van der Waals surface area contributed by atoms with Crippen molar-refractivity contribution in [3.05, 3.63) is 22.0 Å². The van der Waals surface area contributed by atoms with Crippen LogP contribution in [-0.2, 0) is 4.74 Å². The molecule has 2 atom stereocenters. The van der Waals surface area contributed by atoms with Crippen molar-refractivity contribution in [1.82, 2.24) is 9.97 Å². The Bertz CT molecular complexity index is 322. The van der Waals surface area contributed by atoms with Gasteiger partial charge in [-0.2, -0.15) is 0 Å². The van der Waals surface area contributed by atoms with Crippen LogP contribution in [-0.4, -0.2) is 33.2 Å². The van der Waals surface area contributed by atoms with E-state index in [-0.39, 0.29) is 5.95 Å². The molecule has 1 unspecified atom stereocenters. The summed E-state index contributed by atoms with van der Waals surface area (Å²) in [4.78, 5) is 15.6. The second-order valence-corrected chi connectivity index (χ2v) is 2.82. The molecule has 14 heavy (non-hydrogen) atoms. The number of hydrogen-bond donors (Lipinski definition) is 2. The van der Waals surface area contributed by atoms with Gasteiger partial charge in [0.2, 0.25) is 0 Å². The molecule has 0 bridgehead atoms. The van der Waals surface area contributed by atoms with Gasteiger partial charge in [-0.15, -0.1) is 0 Å². The molecule has 0 aromatic carbocycles. The quantitative estimate of drug-likeness (QED) is 0.541. The lowest BCUT2D eigenvalue weighted by Crippen LogP contribution is -2.16. The zero-order chi connectivity index (χ0) is 10.7. The largest absolute Gasteiger partial charge is 0.432 e. The number of aromatic amines is 1. The fourth-order valence-electron chi connectivity index (χ4n) is 1.15. The Morgan fingerprint density at radius 1 is 1.79 bits per heavy atom. The van der Waals surface area contributed by atoms with E-state index in [1.165, 1.54) is 20.2 Å². The van der Waals surface area contributed by atoms with Gasteiger partial charge in [0.1, 0.15) is 18.0 Å². The van der Waals surface area contributed by atoms with Crippen LogP contribution >= 0.6 is 0 Å². The van der Waals surface area contributed by atoms with Crippen molar-refractivity contribution in [2.45, 2.75) is 19.1 Å². The van der Waals surface area contributed by atoms with Crippen molar-refractivity contribution in [2.24, 2.45) is 0 Å². The monoisotopic (exact) mass is 201 g/mol. The average molecular weight is 201 g/mol. The predicted octanol–water partition coefficient (Wildman–Crippen LogP) is 0.386. The molecular formula is C7H11N3O4. The third-order valence-corrected chi connectivity index (χ3v) is 1.75. The van der Waals surface area contributed by atoms with Gasteiger partial charge in [-0.25, -0.2) is 4.98 Å². The maximum Gasteiger partial charge on any atom is 0.432 e. The van der Waals surface area contributed by atoms with Crippen LogP contribution in [0.5, 0.6) is 0 Å². The number of nitrogens with zero attached hydrogens (tertiary/aromatic N) is 2. The number of H-pyrrole nitrogens is 1. The maximum absolute atomic E-state index is 10.3. The fourth-order valence-corrected chi connectivity index (χ4v) is 1.15.